The molecule has 8 heteroatoms. The Hall–Kier alpha value is -2.09. The third kappa shape index (κ3) is 6.26. The van der Waals surface area contributed by atoms with Crippen molar-refractivity contribution < 1.29 is 32.6 Å². The molecule has 1 atom stereocenters. The number of esters is 1. The summed E-state index contributed by atoms with van der Waals surface area (Å²) in [6.45, 7) is 0.900. The molecule has 0 radical (unpaired) electrons. The molecular formula is C13H14F3NO4. The maximum atomic E-state index is 11.6. The fourth-order valence-corrected chi connectivity index (χ4v) is 1.53. The van der Waals surface area contributed by atoms with Gasteiger partial charge in [0.15, 0.2) is 0 Å². The minimum atomic E-state index is -4.87. The highest BCUT2D eigenvalue weighted by atomic mass is 19.4. The molecule has 1 aliphatic rings. The summed E-state index contributed by atoms with van der Waals surface area (Å²) in [7, 11) is 0. The van der Waals surface area contributed by atoms with E-state index in [2.05, 4.69) is 10.1 Å². The van der Waals surface area contributed by atoms with Crippen LogP contribution in [0.1, 0.15) is 16.8 Å². The van der Waals surface area contributed by atoms with Gasteiger partial charge < -0.3 is 15.2 Å². The van der Waals surface area contributed by atoms with Gasteiger partial charge in [-0.3, -0.25) is 0 Å². The number of hydrogen-bond acceptors (Lipinski definition) is 4. The maximum Gasteiger partial charge on any atom is 0.490 e. The molecule has 2 rings (SSSR count). The molecule has 1 aromatic carbocycles. The van der Waals surface area contributed by atoms with E-state index in [0.717, 1.165) is 0 Å². The van der Waals surface area contributed by atoms with E-state index >= 15 is 0 Å². The minimum absolute atomic E-state index is 0.307. The Balaban J connectivity index is 0.000000219. The lowest BCUT2D eigenvalue weighted by Gasteiger charge is -2.11. The smallest absolute Gasteiger partial charge is 0.478 e. The van der Waals surface area contributed by atoms with Crippen molar-refractivity contribution in [2.75, 3.05) is 13.1 Å². The van der Waals surface area contributed by atoms with Gasteiger partial charge in [-0.25, -0.2) is 9.59 Å². The average molecular weight is 305 g/mol. The van der Waals surface area contributed by atoms with Crippen LogP contribution >= 0.6 is 0 Å². The van der Waals surface area contributed by atoms with Crippen LogP contribution in [0.5, 0.6) is 0 Å². The molecule has 1 aromatic rings. The van der Waals surface area contributed by atoms with Gasteiger partial charge >= 0.3 is 18.1 Å². The van der Waals surface area contributed by atoms with E-state index in [0.29, 0.717) is 25.1 Å². The summed E-state index contributed by atoms with van der Waals surface area (Å²) in [5.74, 6) is -2.98. The number of carboxylic acid groups (broad SMARTS) is 1. The molecule has 21 heavy (non-hydrogen) atoms. The van der Waals surface area contributed by atoms with Gasteiger partial charge in [0.1, 0.15) is 6.10 Å². The van der Waals surface area contributed by atoms with E-state index < -0.39 is 24.2 Å². The Bertz CT molecular complexity index is 470. The molecule has 116 valence electrons. The maximum absolute atomic E-state index is 11.6. The summed E-state index contributed by atoms with van der Waals surface area (Å²) in [5, 5.41) is 11.2. The lowest BCUT2D eigenvalue weighted by Crippen LogP contribution is -2.31. The van der Waals surface area contributed by atoms with Gasteiger partial charge in [-0.15, -0.1) is 0 Å². The number of hydrogen-bond donors (Lipinski definition) is 2. The Kier molecular flexibility index (Phi) is 6.16. The molecule has 1 fully saturated rings. The van der Waals surface area contributed by atoms with Crippen molar-refractivity contribution in [2.24, 2.45) is 0 Å². The normalized spacial score (nSPS) is 17.6. The summed E-state index contributed by atoms with van der Waals surface area (Å²) in [4.78, 5) is 20.4. The molecule has 0 aliphatic carbocycles. The first-order chi connectivity index (χ1) is 9.80. The van der Waals surface area contributed by atoms with Gasteiger partial charge in [0.2, 0.25) is 0 Å². The van der Waals surface area contributed by atoms with Crippen molar-refractivity contribution >= 4 is 11.9 Å². The molecule has 2 N–H and O–H groups in total. The third-order valence-electron chi connectivity index (χ3n) is 2.54. The van der Waals surface area contributed by atoms with Gasteiger partial charge in [0.05, 0.1) is 5.56 Å². The quantitative estimate of drug-likeness (QED) is 0.815. The number of carboxylic acids is 1. The number of nitrogens with one attached hydrogen (secondary N) is 1. The fourth-order valence-electron chi connectivity index (χ4n) is 1.53. The standard InChI is InChI=1S/C7H6O2.C6H8F3NO2/c8-7(9)6-4-2-1-3-5-6;7-6(8,9)5(11)12-4-1-2-10-3-4/h1-5H,(H,8,9);4,10H,1-3H2/t;4-/m.0/s1. The number of carbonyl (C=O) groups is 2. The van der Waals surface area contributed by atoms with Crippen molar-refractivity contribution in [1.29, 1.82) is 0 Å². The van der Waals surface area contributed by atoms with Crippen LogP contribution in [0.2, 0.25) is 0 Å². The highest BCUT2D eigenvalue weighted by Crippen LogP contribution is 2.18. The van der Waals surface area contributed by atoms with Crippen LogP contribution in [-0.2, 0) is 9.53 Å². The Morgan fingerprint density at radius 3 is 2.24 bits per heavy atom. The monoisotopic (exact) mass is 305 g/mol. The van der Waals surface area contributed by atoms with Crippen molar-refractivity contribution in [3.8, 4) is 0 Å². The van der Waals surface area contributed by atoms with Gasteiger partial charge in [-0.2, -0.15) is 13.2 Å². The number of benzene rings is 1. The van der Waals surface area contributed by atoms with Crippen molar-refractivity contribution in [1.82, 2.24) is 5.32 Å². The number of carbonyl (C=O) groups excluding carboxylic acids is 1. The van der Waals surface area contributed by atoms with Crippen LogP contribution < -0.4 is 5.32 Å². The Morgan fingerprint density at radius 2 is 1.86 bits per heavy atom. The molecule has 0 unspecified atom stereocenters. The lowest BCUT2D eigenvalue weighted by atomic mass is 10.2. The molecule has 0 amide bonds. The van der Waals surface area contributed by atoms with Gasteiger partial charge in [-0.05, 0) is 25.1 Å². The first-order valence-corrected chi connectivity index (χ1v) is 6.07. The van der Waals surface area contributed by atoms with Crippen molar-refractivity contribution in [2.45, 2.75) is 18.7 Å². The van der Waals surface area contributed by atoms with E-state index in [1.807, 2.05) is 0 Å². The second-order valence-corrected chi connectivity index (χ2v) is 4.19. The second kappa shape index (κ2) is 7.63. The zero-order valence-corrected chi connectivity index (χ0v) is 10.9. The van der Waals surface area contributed by atoms with E-state index in [-0.39, 0.29) is 0 Å². The molecule has 0 aromatic heterocycles. The summed E-state index contributed by atoms with van der Waals surface area (Å²) in [6, 6.07) is 8.30. The van der Waals surface area contributed by atoms with Crippen LogP contribution in [0.25, 0.3) is 0 Å². The lowest BCUT2D eigenvalue weighted by molar-refractivity contribution is -0.204. The summed E-state index contributed by atoms with van der Waals surface area (Å²) in [6.07, 6.45) is -5.05. The number of alkyl halides is 3. The van der Waals surface area contributed by atoms with Crippen LogP contribution in [0.4, 0.5) is 13.2 Å². The van der Waals surface area contributed by atoms with Gasteiger partial charge in [0, 0.05) is 6.54 Å². The molecule has 0 spiro atoms. The predicted molar refractivity (Wildman–Crippen MR) is 66.8 cm³/mol. The third-order valence-corrected chi connectivity index (χ3v) is 2.54. The van der Waals surface area contributed by atoms with E-state index in [1.165, 1.54) is 0 Å². The van der Waals surface area contributed by atoms with Gasteiger partial charge in [0.25, 0.3) is 0 Å². The average Bonchev–Trinajstić information content (AvgIpc) is 2.92. The number of aromatic carboxylic acids is 1. The molecular weight excluding hydrogens is 291 g/mol. The van der Waals surface area contributed by atoms with Crippen LogP contribution in [0.3, 0.4) is 0 Å². The van der Waals surface area contributed by atoms with Crippen molar-refractivity contribution in [3.05, 3.63) is 35.9 Å². The van der Waals surface area contributed by atoms with Crippen molar-refractivity contribution in [3.63, 3.8) is 0 Å². The molecule has 0 bridgehead atoms. The summed E-state index contributed by atoms with van der Waals surface area (Å²) < 4.78 is 39.0. The SMILES string of the molecule is O=C(O)c1ccccc1.O=C(O[C@H]1CCNC1)C(F)(F)F. The largest absolute Gasteiger partial charge is 0.490 e. The van der Waals surface area contributed by atoms with E-state index in [1.54, 1.807) is 30.3 Å². The van der Waals surface area contributed by atoms with E-state index in [9.17, 15) is 22.8 Å². The second-order valence-electron chi connectivity index (χ2n) is 4.19. The fraction of sp³-hybridized carbons (Fsp3) is 0.385. The molecule has 1 heterocycles. The Labute approximate surface area is 118 Å². The predicted octanol–water partition coefficient (Wildman–Crippen LogP) is 1.84. The zero-order valence-electron chi connectivity index (χ0n) is 10.9. The van der Waals surface area contributed by atoms with E-state index in [4.69, 9.17) is 5.11 Å². The summed E-state index contributed by atoms with van der Waals surface area (Å²) >= 11 is 0. The number of halogens is 3. The zero-order chi connectivity index (χ0) is 15.9. The highest BCUT2D eigenvalue weighted by molar-refractivity contribution is 5.87. The topological polar surface area (TPSA) is 75.6 Å². The minimum Gasteiger partial charge on any atom is -0.478 e. The highest BCUT2D eigenvalue weighted by Gasteiger charge is 2.42. The summed E-state index contributed by atoms with van der Waals surface area (Å²) in [5.41, 5.74) is 0.331. The first-order valence-electron chi connectivity index (χ1n) is 6.07. The van der Waals surface area contributed by atoms with Crippen LogP contribution in [0, 0.1) is 0 Å². The molecule has 1 aliphatic heterocycles. The van der Waals surface area contributed by atoms with Crippen LogP contribution in [0.15, 0.2) is 30.3 Å². The number of rotatable bonds is 2. The molecule has 0 saturated carbocycles. The molecule has 5 nitrogen and oxygen atoms in total. The number of ether oxygens (including phenoxy) is 1. The molecule has 1 saturated heterocycles. The first kappa shape index (κ1) is 17.0. The van der Waals surface area contributed by atoms with Crippen LogP contribution in [-0.4, -0.2) is 42.4 Å². The Morgan fingerprint density at radius 1 is 1.24 bits per heavy atom. The van der Waals surface area contributed by atoms with Gasteiger partial charge in [-0.1, -0.05) is 18.2 Å².